The second-order valence-electron chi connectivity index (χ2n) is 5.69. The Hall–Kier alpha value is -2.29. The molecule has 1 heterocycles. The number of fused-ring (bicyclic) bond motifs is 1. The smallest absolute Gasteiger partial charge is 0.227 e. The van der Waals surface area contributed by atoms with Gasteiger partial charge in [0.25, 0.3) is 0 Å². The molecule has 1 aliphatic heterocycles. The number of hydrogen-bond acceptors (Lipinski definition) is 2. The lowest BCUT2D eigenvalue weighted by atomic mass is 10.1. The number of nitrogens with two attached hydrogens (primary N) is 1. The summed E-state index contributed by atoms with van der Waals surface area (Å²) in [5, 5.41) is 0. The maximum Gasteiger partial charge on any atom is 0.227 e. The molecule has 3 nitrogen and oxygen atoms in total. The lowest BCUT2D eigenvalue weighted by Gasteiger charge is -2.22. The SMILES string of the molecule is CC1Cc2ccccc2N1C(=O)CCc1cccc(N)c1. The van der Waals surface area contributed by atoms with Crippen LogP contribution in [0, 0.1) is 0 Å². The third-order valence-electron chi connectivity index (χ3n) is 4.05. The molecule has 0 saturated carbocycles. The van der Waals surface area contributed by atoms with Crippen LogP contribution in [0.4, 0.5) is 11.4 Å². The van der Waals surface area contributed by atoms with Crippen molar-refractivity contribution in [1.82, 2.24) is 0 Å². The van der Waals surface area contributed by atoms with E-state index >= 15 is 0 Å². The van der Waals surface area contributed by atoms with Gasteiger partial charge in [-0.25, -0.2) is 0 Å². The first-order chi connectivity index (χ1) is 10.1. The predicted octanol–water partition coefficient (Wildman–Crippen LogP) is 3.18. The van der Waals surface area contributed by atoms with E-state index in [1.165, 1.54) is 5.56 Å². The van der Waals surface area contributed by atoms with Crippen LogP contribution in [0.3, 0.4) is 0 Å². The van der Waals surface area contributed by atoms with E-state index in [0.29, 0.717) is 6.42 Å². The number of nitrogen functional groups attached to an aromatic ring is 1. The number of rotatable bonds is 3. The lowest BCUT2D eigenvalue weighted by Crippen LogP contribution is -2.35. The number of para-hydroxylation sites is 1. The van der Waals surface area contributed by atoms with Crippen LogP contribution in [-0.4, -0.2) is 11.9 Å². The summed E-state index contributed by atoms with van der Waals surface area (Å²) in [6, 6.07) is 16.2. The van der Waals surface area contributed by atoms with Crippen molar-refractivity contribution in [2.75, 3.05) is 10.6 Å². The molecule has 0 fully saturated rings. The van der Waals surface area contributed by atoms with Gasteiger partial charge in [-0.1, -0.05) is 30.3 Å². The number of carbonyl (C=O) groups is 1. The van der Waals surface area contributed by atoms with Gasteiger partial charge in [0, 0.05) is 23.8 Å². The molecule has 108 valence electrons. The lowest BCUT2D eigenvalue weighted by molar-refractivity contribution is -0.118. The summed E-state index contributed by atoms with van der Waals surface area (Å²) < 4.78 is 0. The Bertz CT molecular complexity index is 666. The molecule has 1 aliphatic rings. The van der Waals surface area contributed by atoms with Gasteiger partial charge < -0.3 is 10.6 Å². The first-order valence-corrected chi connectivity index (χ1v) is 7.39. The van der Waals surface area contributed by atoms with Crippen molar-refractivity contribution in [1.29, 1.82) is 0 Å². The van der Waals surface area contributed by atoms with Gasteiger partial charge in [0.1, 0.15) is 0 Å². The highest BCUT2D eigenvalue weighted by Crippen LogP contribution is 2.32. The van der Waals surface area contributed by atoms with Crippen LogP contribution in [0.5, 0.6) is 0 Å². The molecule has 0 radical (unpaired) electrons. The van der Waals surface area contributed by atoms with E-state index in [9.17, 15) is 4.79 Å². The molecule has 0 aromatic heterocycles. The minimum atomic E-state index is 0.190. The normalized spacial score (nSPS) is 16.8. The summed E-state index contributed by atoms with van der Waals surface area (Å²) >= 11 is 0. The molecule has 0 spiro atoms. The van der Waals surface area contributed by atoms with E-state index in [4.69, 9.17) is 5.73 Å². The van der Waals surface area contributed by atoms with E-state index in [-0.39, 0.29) is 11.9 Å². The second kappa shape index (κ2) is 5.60. The molecule has 21 heavy (non-hydrogen) atoms. The highest BCUT2D eigenvalue weighted by molar-refractivity contribution is 5.96. The summed E-state index contributed by atoms with van der Waals surface area (Å²) in [5.41, 5.74) is 9.98. The van der Waals surface area contributed by atoms with Crippen LogP contribution in [0.15, 0.2) is 48.5 Å². The zero-order valence-electron chi connectivity index (χ0n) is 12.3. The molecule has 1 atom stereocenters. The molecule has 2 N–H and O–H groups in total. The van der Waals surface area contributed by atoms with Gasteiger partial charge in [-0.05, 0) is 49.1 Å². The van der Waals surface area contributed by atoms with Crippen molar-refractivity contribution in [3.63, 3.8) is 0 Å². The van der Waals surface area contributed by atoms with Gasteiger partial charge in [0.15, 0.2) is 0 Å². The Morgan fingerprint density at radius 1 is 1.24 bits per heavy atom. The maximum atomic E-state index is 12.6. The van der Waals surface area contributed by atoms with Gasteiger partial charge in [-0.15, -0.1) is 0 Å². The molecule has 2 aromatic carbocycles. The monoisotopic (exact) mass is 280 g/mol. The Kier molecular flexibility index (Phi) is 3.65. The van der Waals surface area contributed by atoms with Crippen molar-refractivity contribution in [2.45, 2.75) is 32.2 Å². The fraction of sp³-hybridized carbons (Fsp3) is 0.278. The van der Waals surface area contributed by atoms with Gasteiger partial charge in [-0.2, -0.15) is 0 Å². The summed E-state index contributed by atoms with van der Waals surface area (Å²) in [6.07, 6.45) is 2.19. The number of aryl methyl sites for hydroxylation is 1. The Balaban J connectivity index is 1.71. The largest absolute Gasteiger partial charge is 0.399 e. The van der Waals surface area contributed by atoms with Crippen LogP contribution in [0.1, 0.15) is 24.5 Å². The van der Waals surface area contributed by atoms with E-state index < -0.39 is 0 Å². The van der Waals surface area contributed by atoms with Gasteiger partial charge in [-0.3, -0.25) is 4.79 Å². The third kappa shape index (κ3) is 2.77. The summed E-state index contributed by atoms with van der Waals surface area (Å²) in [4.78, 5) is 14.5. The molecule has 2 aromatic rings. The third-order valence-corrected chi connectivity index (χ3v) is 4.05. The Labute approximate surface area is 125 Å². The number of nitrogens with zero attached hydrogens (tertiary/aromatic N) is 1. The molecular formula is C18H20N2O. The first kappa shape index (κ1) is 13.7. The van der Waals surface area contributed by atoms with Crippen LogP contribution in [0.25, 0.3) is 0 Å². The van der Waals surface area contributed by atoms with Crippen molar-refractivity contribution >= 4 is 17.3 Å². The fourth-order valence-electron chi connectivity index (χ4n) is 3.07. The molecule has 1 unspecified atom stereocenters. The van der Waals surface area contributed by atoms with Crippen molar-refractivity contribution < 1.29 is 4.79 Å². The molecule has 0 saturated heterocycles. The maximum absolute atomic E-state index is 12.6. The summed E-state index contributed by atoms with van der Waals surface area (Å²) in [7, 11) is 0. The van der Waals surface area contributed by atoms with Crippen LogP contribution in [-0.2, 0) is 17.6 Å². The standard InChI is InChI=1S/C18H20N2O/c1-13-11-15-6-2-3-8-17(15)20(13)18(21)10-9-14-5-4-7-16(19)12-14/h2-8,12-13H,9-11,19H2,1H3. The predicted molar refractivity (Wildman–Crippen MR) is 86.3 cm³/mol. The van der Waals surface area contributed by atoms with E-state index in [0.717, 1.165) is 29.8 Å². The Morgan fingerprint density at radius 2 is 2.05 bits per heavy atom. The molecule has 0 bridgehead atoms. The van der Waals surface area contributed by atoms with E-state index in [1.807, 2.05) is 47.4 Å². The fourth-order valence-corrected chi connectivity index (χ4v) is 3.07. The summed E-state index contributed by atoms with van der Waals surface area (Å²) in [6.45, 7) is 2.11. The van der Waals surface area contributed by atoms with Gasteiger partial charge >= 0.3 is 0 Å². The zero-order chi connectivity index (χ0) is 14.8. The molecule has 1 amide bonds. The van der Waals surface area contributed by atoms with E-state index in [2.05, 4.69) is 13.0 Å². The molecule has 0 aliphatic carbocycles. The number of carbonyl (C=O) groups excluding carboxylic acids is 1. The van der Waals surface area contributed by atoms with Crippen molar-refractivity contribution in [2.24, 2.45) is 0 Å². The number of anilines is 2. The minimum absolute atomic E-state index is 0.190. The molecule has 3 rings (SSSR count). The minimum Gasteiger partial charge on any atom is -0.399 e. The number of benzene rings is 2. The highest BCUT2D eigenvalue weighted by atomic mass is 16.2. The van der Waals surface area contributed by atoms with Gasteiger partial charge in [0.2, 0.25) is 5.91 Å². The van der Waals surface area contributed by atoms with E-state index in [1.54, 1.807) is 0 Å². The second-order valence-corrected chi connectivity index (χ2v) is 5.69. The van der Waals surface area contributed by atoms with Crippen LogP contribution >= 0.6 is 0 Å². The first-order valence-electron chi connectivity index (χ1n) is 7.39. The van der Waals surface area contributed by atoms with Crippen LogP contribution in [0.2, 0.25) is 0 Å². The van der Waals surface area contributed by atoms with Gasteiger partial charge in [0.05, 0.1) is 0 Å². The Morgan fingerprint density at radius 3 is 2.86 bits per heavy atom. The molecular weight excluding hydrogens is 260 g/mol. The topological polar surface area (TPSA) is 46.3 Å². The average molecular weight is 280 g/mol. The van der Waals surface area contributed by atoms with Crippen molar-refractivity contribution in [3.05, 3.63) is 59.7 Å². The quantitative estimate of drug-likeness (QED) is 0.878. The van der Waals surface area contributed by atoms with Crippen LogP contribution < -0.4 is 10.6 Å². The highest BCUT2D eigenvalue weighted by Gasteiger charge is 2.29. The number of hydrogen-bond donors (Lipinski definition) is 1. The van der Waals surface area contributed by atoms with Crippen molar-refractivity contribution in [3.8, 4) is 0 Å². The number of amides is 1. The molecule has 3 heteroatoms. The zero-order valence-corrected chi connectivity index (χ0v) is 12.3. The summed E-state index contributed by atoms with van der Waals surface area (Å²) in [5.74, 6) is 0.190. The average Bonchev–Trinajstić information content (AvgIpc) is 2.81.